The molecule has 6 heteroatoms. The van der Waals surface area contributed by atoms with Gasteiger partial charge in [0.15, 0.2) is 0 Å². The molecule has 2 heterocycles. The van der Waals surface area contributed by atoms with Gasteiger partial charge >= 0.3 is 0 Å². The Morgan fingerprint density at radius 2 is 1.83 bits per heavy atom. The van der Waals surface area contributed by atoms with Crippen molar-refractivity contribution in [2.75, 3.05) is 26.4 Å². The molecular formula is C30H31F2NO3. The summed E-state index contributed by atoms with van der Waals surface area (Å²) >= 11 is 0. The molecule has 3 aromatic carbocycles. The number of phenols is 1. The first-order valence-electron chi connectivity index (χ1n) is 12.4. The molecule has 0 amide bonds. The third kappa shape index (κ3) is 4.96. The Balaban J connectivity index is 1.37. The maximum Gasteiger partial charge on any atom is 0.150 e. The first-order chi connectivity index (χ1) is 17.4. The molecule has 3 atom stereocenters. The van der Waals surface area contributed by atoms with Gasteiger partial charge in [-0.1, -0.05) is 24.3 Å². The van der Waals surface area contributed by atoms with E-state index in [-0.39, 0.29) is 30.2 Å². The average molecular weight is 492 g/mol. The molecule has 1 N–H and O–H groups in total. The standard InChI is InChI=1S/C30H31F2NO3/c1-19(33-14-13-21(16-31)17-33)18-35-26-10-5-23(6-11-26)30-29(22-3-7-24(32)8-4-22)20(2)27-15-25(34)9-12-28(27)36-30/h3-12,15,19,21,30,34H,13-14,16-18H2,1-2H3/t19?,21-,30?/m0/s1. The Kier molecular flexibility index (Phi) is 6.97. The quantitative estimate of drug-likeness (QED) is 0.402. The first-order valence-corrected chi connectivity index (χ1v) is 12.4. The number of allylic oxidation sites excluding steroid dienone is 1. The van der Waals surface area contributed by atoms with Crippen LogP contribution in [-0.2, 0) is 0 Å². The van der Waals surface area contributed by atoms with Gasteiger partial charge in [0.05, 0.1) is 6.67 Å². The topological polar surface area (TPSA) is 41.9 Å². The summed E-state index contributed by atoms with van der Waals surface area (Å²) in [6.07, 6.45) is 0.505. The second-order valence-corrected chi connectivity index (χ2v) is 9.76. The van der Waals surface area contributed by atoms with E-state index in [0.717, 1.165) is 53.1 Å². The minimum absolute atomic E-state index is 0.142. The molecule has 2 unspecified atom stereocenters. The number of ether oxygens (including phenoxy) is 2. The summed E-state index contributed by atoms with van der Waals surface area (Å²) < 4.78 is 39.1. The number of hydrogen-bond acceptors (Lipinski definition) is 4. The third-order valence-electron chi connectivity index (χ3n) is 7.27. The summed E-state index contributed by atoms with van der Waals surface area (Å²) in [5.41, 5.74) is 4.51. The summed E-state index contributed by atoms with van der Waals surface area (Å²) in [5, 5.41) is 10.0. The van der Waals surface area contributed by atoms with Crippen LogP contribution in [0.5, 0.6) is 17.2 Å². The smallest absolute Gasteiger partial charge is 0.150 e. The maximum atomic E-state index is 13.7. The summed E-state index contributed by atoms with van der Waals surface area (Å²) in [6.45, 7) is 6.09. The van der Waals surface area contributed by atoms with E-state index in [0.29, 0.717) is 12.4 Å². The van der Waals surface area contributed by atoms with E-state index >= 15 is 0 Å². The van der Waals surface area contributed by atoms with Crippen molar-refractivity contribution in [3.05, 3.63) is 89.2 Å². The molecule has 1 fully saturated rings. The maximum absolute atomic E-state index is 13.7. The normalized spacial score (nSPS) is 20.7. The van der Waals surface area contributed by atoms with Crippen molar-refractivity contribution in [3.63, 3.8) is 0 Å². The van der Waals surface area contributed by atoms with Crippen LogP contribution in [0.4, 0.5) is 8.78 Å². The molecule has 188 valence electrons. The number of alkyl halides is 1. The zero-order valence-electron chi connectivity index (χ0n) is 20.6. The van der Waals surface area contributed by atoms with E-state index in [4.69, 9.17) is 9.47 Å². The number of benzene rings is 3. The van der Waals surface area contributed by atoms with Gasteiger partial charge in [0, 0.05) is 29.6 Å². The van der Waals surface area contributed by atoms with Crippen molar-refractivity contribution in [2.45, 2.75) is 32.4 Å². The van der Waals surface area contributed by atoms with Crippen LogP contribution in [0.25, 0.3) is 11.1 Å². The van der Waals surface area contributed by atoms with Gasteiger partial charge in [0.25, 0.3) is 0 Å². The lowest BCUT2D eigenvalue weighted by Gasteiger charge is -2.31. The average Bonchev–Trinajstić information content (AvgIpc) is 3.38. The van der Waals surface area contributed by atoms with E-state index in [2.05, 4.69) is 11.8 Å². The number of hydrogen-bond donors (Lipinski definition) is 1. The van der Waals surface area contributed by atoms with Gasteiger partial charge < -0.3 is 14.6 Å². The van der Waals surface area contributed by atoms with Gasteiger partial charge in [-0.3, -0.25) is 9.29 Å². The fourth-order valence-electron chi connectivity index (χ4n) is 5.12. The number of fused-ring (bicyclic) bond motifs is 1. The lowest BCUT2D eigenvalue weighted by Crippen LogP contribution is -2.35. The summed E-state index contributed by atoms with van der Waals surface area (Å²) in [4.78, 5) is 2.28. The molecule has 0 aliphatic carbocycles. The first kappa shape index (κ1) is 24.3. The van der Waals surface area contributed by atoms with Crippen LogP contribution in [0.3, 0.4) is 0 Å². The largest absolute Gasteiger partial charge is 0.508 e. The van der Waals surface area contributed by atoms with E-state index in [1.807, 2.05) is 31.2 Å². The zero-order chi connectivity index (χ0) is 25.2. The van der Waals surface area contributed by atoms with Gasteiger partial charge in [-0.25, -0.2) is 4.39 Å². The van der Waals surface area contributed by atoms with E-state index in [9.17, 15) is 13.9 Å². The van der Waals surface area contributed by atoms with Crippen LogP contribution in [0.1, 0.15) is 43.1 Å². The van der Waals surface area contributed by atoms with Crippen LogP contribution in [0.2, 0.25) is 0 Å². The predicted octanol–water partition coefficient (Wildman–Crippen LogP) is 6.65. The van der Waals surface area contributed by atoms with Crippen LogP contribution in [-0.4, -0.2) is 42.4 Å². The number of halogens is 2. The highest BCUT2D eigenvalue weighted by molar-refractivity contribution is 5.95. The number of nitrogens with zero attached hydrogens (tertiary/aromatic N) is 1. The fraction of sp³-hybridized carbons (Fsp3) is 0.333. The molecule has 36 heavy (non-hydrogen) atoms. The van der Waals surface area contributed by atoms with Crippen molar-refractivity contribution in [1.82, 2.24) is 4.90 Å². The lowest BCUT2D eigenvalue weighted by atomic mass is 9.86. The predicted molar refractivity (Wildman–Crippen MR) is 137 cm³/mol. The Bertz CT molecular complexity index is 1240. The number of aromatic hydroxyl groups is 1. The molecule has 0 bridgehead atoms. The minimum atomic E-state index is -0.400. The van der Waals surface area contributed by atoms with E-state index in [1.54, 1.807) is 30.3 Å². The Hall–Kier alpha value is -3.38. The van der Waals surface area contributed by atoms with Crippen LogP contribution in [0.15, 0.2) is 66.7 Å². The monoisotopic (exact) mass is 491 g/mol. The van der Waals surface area contributed by atoms with E-state index in [1.165, 1.54) is 12.1 Å². The van der Waals surface area contributed by atoms with Gasteiger partial charge in [0.1, 0.15) is 35.8 Å². The van der Waals surface area contributed by atoms with Crippen LogP contribution < -0.4 is 9.47 Å². The highest BCUT2D eigenvalue weighted by Crippen LogP contribution is 2.47. The number of likely N-dealkylation sites (tertiary alicyclic amines) is 1. The molecular weight excluding hydrogens is 460 g/mol. The van der Waals surface area contributed by atoms with Crippen molar-refractivity contribution in [2.24, 2.45) is 5.92 Å². The molecule has 2 aliphatic rings. The Morgan fingerprint density at radius 3 is 2.53 bits per heavy atom. The Morgan fingerprint density at radius 1 is 1.08 bits per heavy atom. The summed E-state index contributed by atoms with van der Waals surface area (Å²) in [6, 6.07) is 19.5. The lowest BCUT2D eigenvalue weighted by molar-refractivity contribution is 0.165. The van der Waals surface area contributed by atoms with Gasteiger partial charge in [-0.15, -0.1) is 0 Å². The van der Waals surface area contributed by atoms with Gasteiger partial charge in [-0.2, -0.15) is 0 Å². The van der Waals surface area contributed by atoms with Gasteiger partial charge in [0.2, 0.25) is 0 Å². The van der Waals surface area contributed by atoms with Gasteiger partial charge in [-0.05, 0) is 86.0 Å². The fourth-order valence-corrected chi connectivity index (χ4v) is 5.12. The number of rotatable bonds is 7. The second kappa shape index (κ2) is 10.3. The summed E-state index contributed by atoms with van der Waals surface area (Å²) in [7, 11) is 0. The molecule has 3 aromatic rings. The van der Waals surface area contributed by atoms with Crippen molar-refractivity contribution < 1.29 is 23.4 Å². The van der Waals surface area contributed by atoms with Crippen molar-refractivity contribution in [1.29, 1.82) is 0 Å². The highest BCUT2D eigenvalue weighted by atomic mass is 19.1. The molecule has 0 aromatic heterocycles. The molecule has 2 aliphatic heterocycles. The summed E-state index contributed by atoms with van der Waals surface area (Å²) in [5.74, 6) is 1.46. The molecule has 5 rings (SSSR count). The highest BCUT2D eigenvalue weighted by Gasteiger charge is 2.30. The van der Waals surface area contributed by atoms with Crippen molar-refractivity contribution >= 4 is 11.1 Å². The molecule has 1 saturated heterocycles. The van der Waals surface area contributed by atoms with Crippen LogP contribution in [0, 0.1) is 11.7 Å². The molecule has 4 nitrogen and oxygen atoms in total. The SMILES string of the molecule is CC1=C(c2ccc(F)cc2)C(c2ccc(OCC(C)N3CC[C@@H](CF)C3)cc2)Oc2ccc(O)cc21. The van der Waals surface area contributed by atoms with Crippen LogP contribution >= 0.6 is 0 Å². The molecule has 0 spiro atoms. The number of phenolic OH excluding ortho intramolecular Hbond substituents is 1. The second-order valence-electron chi connectivity index (χ2n) is 9.76. The minimum Gasteiger partial charge on any atom is -0.508 e. The van der Waals surface area contributed by atoms with E-state index < -0.39 is 6.10 Å². The molecule has 0 radical (unpaired) electrons. The zero-order valence-corrected chi connectivity index (χ0v) is 20.6. The van der Waals surface area contributed by atoms with Crippen molar-refractivity contribution in [3.8, 4) is 17.2 Å². The Labute approximate surface area is 210 Å². The third-order valence-corrected chi connectivity index (χ3v) is 7.27. The molecule has 0 saturated carbocycles.